The number of aryl methyl sites for hydroxylation is 1. The molecule has 1 aromatic carbocycles. The molecule has 0 aliphatic carbocycles. The summed E-state index contributed by atoms with van der Waals surface area (Å²) in [6.07, 6.45) is 1.35. The van der Waals surface area contributed by atoms with Crippen LogP contribution in [0.15, 0.2) is 24.3 Å². The normalized spacial score (nSPS) is 20.2. The molecule has 1 aromatic heterocycles. The zero-order valence-corrected chi connectivity index (χ0v) is 15.2. The second-order valence-corrected chi connectivity index (χ2v) is 6.94. The van der Waals surface area contributed by atoms with Crippen LogP contribution in [-0.2, 0) is 11.2 Å². The van der Waals surface area contributed by atoms with E-state index in [9.17, 15) is 14.7 Å². The number of aromatic nitrogens is 2. The average molecular weight is 377 g/mol. The first kappa shape index (κ1) is 18.4. The summed E-state index contributed by atoms with van der Waals surface area (Å²) < 4.78 is 0. The largest absolute Gasteiger partial charge is 0.378 e. The third kappa shape index (κ3) is 3.45. The summed E-state index contributed by atoms with van der Waals surface area (Å²) in [6, 6.07) is 7.15. The van der Waals surface area contributed by atoms with Gasteiger partial charge in [-0.25, -0.2) is 4.98 Å². The van der Waals surface area contributed by atoms with Gasteiger partial charge in [0.2, 0.25) is 0 Å². The fourth-order valence-corrected chi connectivity index (χ4v) is 3.27. The molecule has 0 saturated carbocycles. The van der Waals surface area contributed by atoms with Gasteiger partial charge in [-0.2, -0.15) is 0 Å². The van der Waals surface area contributed by atoms with Crippen molar-refractivity contribution < 1.29 is 14.7 Å². The van der Waals surface area contributed by atoms with Crippen LogP contribution in [0.4, 0.5) is 0 Å². The number of hydrogen-bond acceptors (Lipinski definition) is 4. The number of aliphatic hydroxyl groups is 1. The van der Waals surface area contributed by atoms with Crippen LogP contribution in [0.3, 0.4) is 0 Å². The summed E-state index contributed by atoms with van der Waals surface area (Å²) in [7, 11) is 0. The Morgan fingerprint density at radius 3 is 2.69 bits per heavy atom. The van der Waals surface area contributed by atoms with Gasteiger partial charge in [-0.05, 0) is 43.5 Å². The van der Waals surface area contributed by atoms with Crippen LogP contribution in [0, 0.1) is 0 Å². The Hall–Kier alpha value is -2.38. The Morgan fingerprint density at radius 2 is 2.08 bits per heavy atom. The molecular formula is C18H21ClN4O3. The summed E-state index contributed by atoms with van der Waals surface area (Å²) >= 11 is 5.91. The summed E-state index contributed by atoms with van der Waals surface area (Å²) in [4.78, 5) is 33.5. The Morgan fingerprint density at radius 1 is 1.38 bits per heavy atom. The number of nitrogens with zero attached hydrogens (tertiary/aromatic N) is 2. The van der Waals surface area contributed by atoms with Crippen molar-refractivity contribution in [2.45, 2.75) is 31.8 Å². The van der Waals surface area contributed by atoms with Gasteiger partial charge in [0.15, 0.2) is 5.60 Å². The van der Waals surface area contributed by atoms with Crippen LogP contribution in [0.2, 0.25) is 5.02 Å². The first-order chi connectivity index (χ1) is 12.3. The molecule has 1 atom stereocenters. The highest BCUT2D eigenvalue weighted by atomic mass is 35.5. The number of carbonyl (C=O) groups is 2. The number of carbonyl (C=O) groups excluding carboxylic acids is 2. The zero-order valence-electron chi connectivity index (χ0n) is 14.5. The average Bonchev–Trinajstić information content (AvgIpc) is 3.06. The lowest BCUT2D eigenvalue weighted by Crippen LogP contribution is -2.57. The molecule has 3 rings (SSSR count). The number of nitrogens with two attached hydrogens (primary N) is 1. The molecule has 1 unspecified atom stereocenters. The number of hydrogen-bond donors (Lipinski definition) is 3. The molecule has 2 heterocycles. The molecule has 26 heavy (non-hydrogen) atoms. The van der Waals surface area contributed by atoms with E-state index in [1.807, 2.05) is 19.1 Å². The van der Waals surface area contributed by atoms with Crippen molar-refractivity contribution in [3.63, 3.8) is 0 Å². The minimum atomic E-state index is -1.68. The molecule has 1 fully saturated rings. The number of aromatic amines is 1. The smallest absolute Gasteiger partial charge is 0.274 e. The molecule has 0 spiro atoms. The maximum atomic E-state index is 12.9. The standard InChI is InChI=1S/C18H21ClN4O3/c1-2-13-14(22-15(21-13)11-4-6-12(19)7-5-11)16(24)23-9-3-8-18(26,10-23)17(20)25/h4-7,26H,2-3,8-10H2,1H3,(H2,20,25)(H,21,22). The Balaban J connectivity index is 1.89. The van der Waals surface area contributed by atoms with E-state index in [1.165, 1.54) is 4.90 Å². The number of piperidine rings is 1. The minimum Gasteiger partial charge on any atom is -0.378 e. The van der Waals surface area contributed by atoms with Gasteiger partial charge >= 0.3 is 0 Å². The third-order valence-electron chi connectivity index (χ3n) is 4.67. The summed E-state index contributed by atoms with van der Waals surface area (Å²) in [5.74, 6) is -0.559. The van der Waals surface area contributed by atoms with Crippen LogP contribution >= 0.6 is 11.6 Å². The molecule has 0 radical (unpaired) electrons. The van der Waals surface area contributed by atoms with Crippen molar-refractivity contribution in [2.75, 3.05) is 13.1 Å². The fourth-order valence-electron chi connectivity index (χ4n) is 3.15. The van der Waals surface area contributed by atoms with Crippen LogP contribution in [0.1, 0.15) is 35.9 Å². The molecule has 2 aromatic rings. The van der Waals surface area contributed by atoms with Gasteiger partial charge in [-0.1, -0.05) is 18.5 Å². The molecule has 1 saturated heterocycles. The van der Waals surface area contributed by atoms with Crippen molar-refractivity contribution in [3.8, 4) is 11.4 Å². The molecule has 0 bridgehead atoms. The first-order valence-corrected chi connectivity index (χ1v) is 8.88. The minimum absolute atomic E-state index is 0.118. The summed E-state index contributed by atoms with van der Waals surface area (Å²) in [5.41, 5.74) is 5.42. The van der Waals surface area contributed by atoms with Crippen molar-refractivity contribution in [3.05, 3.63) is 40.7 Å². The summed E-state index contributed by atoms with van der Waals surface area (Å²) in [5, 5.41) is 11.0. The van der Waals surface area contributed by atoms with E-state index in [4.69, 9.17) is 17.3 Å². The fraction of sp³-hybridized carbons (Fsp3) is 0.389. The number of amides is 2. The zero-order chi connectivity index (χ0) is 18.9. The number of benzene rings is 1. The van der Waals surface area contributed by atoms with Gasteiger partial charge in [-0.3, -0.25) is 9.59 Å². The Labute approximate surface area is 156 Å². The highest BCUT2D eigenvalue weighted by Crippen LogP contribution is 2.25. The number of primary amides is 1. The lowest BCUT2D eigenvalue weighted by Gasteiger charge is -2.36. The first-order valence-electron chi connectivity index (χ1n) is 8.50. The van der Waals surface area contributed by atoms with Crippen LogP contribution in [0.5, 0.6) is 0 Å². The molecule has 138 valence electrons. The predicted molar refractivity (Wildman–Crippen MR) is 97.7 cm³/mol. The summed E-state index contributed by atoms with van der Waals surface area (Å²) in [6.45, 7) is 2.25. The number of β-amino-alcohol motifs (C(OH)–C–C–N with tert-alkyl or cyclic N) is 1. The maximum Gasteiger partial charge on any atom is 0.274 e. The number of halogens is 1. The van der Waals surface area contributed by atoms with E-state index in [0.29, 0.717) is 41.6 Å². The van der Waals surface area contributed by atoms with Crippen molar-refractivity contribution in [1.29, 1.82) is 0 Å². The van der Waals surface area contributed by atoms with E-state index >= 15 is 0 Å². The number of likely N-dealkylation sites (tertiary alicyclic amines) is 1. The van der Waals surface area contributed by atoms with E-state index < -0.39 is 11.5 Å². The maximum absolute atomic E-state index is 12.9. The van der Waals surface area contributed by atoms with Crippen molar-refractivity contribution in [1.82, 2.24) is 14.9 Å². The van der Waals surface area contributed by atoms with E-state index in [2.05, 4.69) is 9.97 Å². The van der Waals surface area contributed by atoms with E-state index in [-0.39, 0.29) is 18.9 Å². The van der Waals surface area contributed by atoms with E-state index in [0.717, 1.165) is 5.56 Å². The number of imidazole rings is 1. The third-order valence-corrected chi connectivity index (χ3v) is 4.92. The number of rotatable bonds is 4. The van der Waals surface area contributed by atoms with Crippen LogP contribution < -0.4 is 5.73 Å². The van der Waals surface area contributed by atoms with Crippen molar-refractivity contribution in [2.24, 2.45) is 5.73 Å². The van der Waals surface area contributed by atoms with Gasteiger partial charge in [0.1, 0.15) is 11.5 Å². The van der Waals surface area contributed by atoms with Gasteiger partial charge in [0, 0.05) is 22.8 Å². The quantitative estimate of drug-likeness (QED) is 0.754. The van der Waals surface area contributed by atoms with Gasteiger partial charge in [-0.15, -0.1) is 0 Å². The van der Waals surface area contributed by atoms with Gasteiger partial charge < -0.3 is 20.7 Å². The number of nitrogens with one attached hydrogen (secondary N) is 1. The molecule has 1 aliphatic heterocycles. The molecular weight excluding hydrogens is 356 g/mol. The van der Waals surface area contributed by atoms with Crippen LogP contribution in [0.25, 0.3) is 11.4 Å². The monoisotopic (exact) mass is 376 g/mol. The Kier molecular flexibility index (Phi) is 5.02. The second kappa shape index (κ2) is 7.09. The molecule has 2 amide bonds. The molecule has 8 heteroatoms. The van der Waals surface area contributed by atoms with Gasteiger partial charge in [0.25, 0.3) is 11.8 Å². The highest BCUT2D eigenvalue weighted by molar-refractivity contribution is 6.30. The molecule has 1 aliphatic rings. The second-order valence-electron chi connectivity index (χ2n) is 6.50. The van der Waals surface area contributed by atoms with Crippen LogP contribution in [-0.4, -0.2) is 50.5 Å². The predicted octanol–water partition coefficient (Wildman–Crippen LogP) is 1.74. The molecule has 7 nitrogen and oxygen atoms in total. The highest BCUT2D eigenvalue weighted by Gasteiger charge is 2.41. The lowest BCUT2D eigenvalue weighted by molar-refractivity contribution is -0.140. The Bertz CT molecular complexity index is 833. The molecule has 4 N–H and O–H groups in total. The SMILES string of the molecule is CCc1[nH]c(-c2ccc(Cl)cc2)nc1C(=O)N1CCCC(O)(C(N)=O)C1. The topological polar surface area (TPSA) is 112 Å². The number of H-pyrrole nitrogens is 1. The van der Waals surface area contributed by atoms with Gasteiger partial charge in [0.05, 0.1) is 6.54 Å². The van der Waals surface area contributed by atoms with Crippen molar-refractivity contribution >= 4 is 23.4 Å². The lowest BCUT2D eigenvalue weighted by atomic mass is 9.92. The van der Waals surface area contributed by atoms with E-state index in [1.54, 1.807) is 12.1 Å².